The Hall–Kier alpha value is -2.28. The van der Waals surface area contributed by atoms with E-state index in [1.54, 1.807) is 13.0 Å². The van der Waals surface area contributed by atoms with Gasteiger partial charge in [0.2, 0.25) is 11.8 Å². The molecule has 2 rings (SSSR count). The second-order valence-electron chi connectivity index (χ2n) is 5.30. The molecule has 0 unspecified atom stereocenters. The highest BCUT2D eigenvalue weighted by molar-refractivity contribution is 8.00. The first-order valence-electron chi connectivity index (χ1n) is 7.73. The van der Waals surface area contributed by atoms with Crippen LogP contribution in [0.25, 0.3) is 0 Å². The molecule has 0 saturated heterocycles. The minimum atomic E-state index is -0.212. The van der Waals surface area contributed by atoms with Gasteiger partial charge in [0.25, 0.3) is 0 Å². The number of aromatic nitrogens is 1. The molecule has 7 heteroatoms. The lowest BCUT2D eigenvalue weighted by Crippen LogP contribution is -2.30. The maximum absolute atomic E-state index is 12.0. The maximum atomic E-state index is 12.0. The fourth-order valence-corrected chi connectivity index (χ4v) is 2.81. The number of anilines is 1. The van der Waals surface area contributed by atoms with Crippen molar-refractivity contribution < 1.29 is 14.1 Å². The Bertz CT molecular complexity index is 673. The van der Waals surface area contributed by atoms with Gasteiger partial charge in [-0.25, -0.2) is 0 Å². The summed E-state index contributed by atoms with van der Waals surface area (Å²) in [5.74, 6) is 1.13. The van der Waals surface area contributed by atoms with Crippen LogP contribution in [0.2, 0.25) is 0 Å². The van der Waals surface area contributed by atoms with Gasteiger partial charge < -0.3 is 15.2 Å². The number of hydrogen-bond acceptors (Lipinski definition) is 5. The Morgan fingerprint density at radius 3 is 2.54 bits per heavy atom. The summed E-state index contributed by atoms with van der Waals surface area (Å²) in [6.45, 7) is 3.77. The monoisotopic (exact) mass is 347 g/mol. The Morgan fingerprint density at radius 1 is 1.21 bits per heavy atom. The summed E-state index contributed by atoms with van der Waals surface area (Å²) in [6, 6.07) is 11.5. The molecule has 0 spiro atoms. The summed E-state index contributed by atoms with van der Waals surface area (Å²) in [7, 11) is 0. The molecule has 1 aromatic heterocycles. The first-order valence-corrected chi connectivity index (χ1v) is 8.89. The molecule has 0 aliphatic heterocycles. The van der Waals surface area contributed by atoms with Gasteiger partial charge in [-0.2, -0.15) is 0 Å². The first-order chi connectivity index (χ1) is 11.6. The van der Waals surface area contributed by atoms with Gasteiger partial charge >= 0.3 is 0 Å². The molecular weight excluding hydrogens is 326 g/mol. The van der Waals surface area contributed by atoms with Gasteiger partial charge in [-0.05, 0) is 18.9 Å². The van der Waals surface area contributed by atoms with Crippen LogP contribution in [0, 0.1) is 6.92 Å². The first kappa shape index (κ1) is 18.1. The third-order valence-corrected chi connectivity index (χ3v) is 4.24. The lowest BCUT2D eigenvalue weighted by atomic mass is 10.0. The van der Waals surface area contributed by atoms with E-state index in [-0.39, 0.29) is 29.4 Å². The zero-order valence-electron chi connectivity index (χ0n) is 13.7. The number of carbonyl (C=O) groups excluding carboxylic acids is 2. The van der Waals surface area contributed by atoms with E-state index < -0.39 is 0 Å². The van der Waals surface area contributed by atoms with Gasteiger partial charge in [0, 0.05) is 6.07 Å². The van der Waals surface area contributed by atoms with Crippen LogP contribution in [0.1, 0.15) is 30.7 Å². The van der Waals surface area contributed by atoms with Gasteiger partial charge in [0.05, 0.1) is 17.5 Å². The molecule has 6 nitrogen and oxygen atoms in total. The van der Waals surface area contributed by atoms with Gasteiger partial charge in [-0.3, -0.25) is 9.59 Å². The Balaban J connectivity index is 1.71. The average Bonchev–Trinajstić information content (AvgIpc) is 2.98. The second-order valence-corrected chi connectivity index (χ2v) is 6.29. The molecule has 0 saturated carbocycles. The number of thioether (sulfide) groups is 1. The number of nitrogens with one attached hydrogen (secondary N) is 2. The van der Waals surface area contributed by atoms with Crippen LogP contribution in [0.5, 0.6) is 0 Å². The maximum Gasteiger partial charge on any atom is 0.235 e. The second kappa shape index (κ2) is 9.12. The quantitative estimate of drug-likeness (QED) is 0.767. The van der Waals surface area contributed by atoms with Crippen LogP contribution in [0.3, 0.4) is 0 Å². The van der Waals surface area contributed by atoms with Crippen LogP contribution < -0.4 is 10.6 Å². The van der Waals surface area contributed by atoms with Crippen molar-refractivity contribution in [1.29, 1.82) is 0 Å². The number of benzene rings is 1. The normalized spacial score (nSPS) is 11.8. The molecule has 0 aliphatic carbocycles. The largest absolute Gasteiger partial charge is 0.360 e. The molecule has 1 heterocycles. The van der Waals surface area contributed by atoms with Gasteiger partial charge in [-0.1, -0.05) is 42.4 Å². The standard InChI is InChI=1S/C17H21N3O3S/c1-3-14(13-7-5-4-6-8-13)18-16(21)10-24-11-17(22)19-15-9-12(2)23-20-15/h4-9,14H,3,10-11H2,1-2H3,(H,18,21)(H,19,20,22)/t14-/m1/s1. The number of aryl methyl sites for hydroxylation is 1. The van der Waals surface area contributed by atoms with Crippen molar-refractivity contribution in [2.75, 3.05) is 16.8 Å². The lowest BCUT2D eigenvalue weighted by molar-refractivity contribution is -0.119. The Morgan fingerprint density at radius 2 is 1.92 bits per heavy atom. The molecule has 128 valence electrons. The Kier molecular flexibility index (Phi) is 6.87. The zero-order valence-corrected chi connectivity index (χ0v) is 14.6. The van der Waals surface area contributed by atoms with E-state index in [1.165, 1.54) is 11.8 Å². The van der Waals surface area contributed by atoms with E-state index in [0.29, 0.717) is 11.6 Å². The van der Waals surface area contributed by atoms with Gasteiger partial charge in [0.15, 0.2) is 5.82 Å². The topological polar surface area (TPSA) is 84.2 Å². The molecular formula is C17H21N3O3S. The van der Waals surface area contributed by atoms with Crippen molar-refractivity contribution in [2.45, 2.75) is 26.3 Å². The van der Waals surface area contributed by atoms with E-state index in [9.17, 15) is 9.59 Å². The lowest BCUT2D eigenvalue weighted by Gasteiger charge is -2.17. The number of amides is 2. The molecule has 1 atom stereocenters. The number of carbonyl (C=O) groups is 2. The highest BCUT2D eigenvalue weighted by Crippen LogP contribution is 2.16. The SMILES string of the molecule is CC[C@@H](NC(=O)CSCC(=O)Nc1cc(C)on1)c1ccccc1. The smallest absolute Gasteiger partial charge is 0.235 e. The van der Waals surface area contributed by atoms with Crippen molar-refractivity contribution in [1.82, 2.24) is 10.5 Å². The summed E-state index contributed by atoms with van der Waals surface area (Å²) >= 11 is 1.26. The van der Waals surface area contributed by atoms with Gasteiger partial charge in [0.1, 0.15) is 5.76 Å². The highest BCUT2D eigenvalue weighted by atomic mass is 32.2. The number of rotatable bonds is 8. The minimum Gasteiger partial charge on any atom is -0.360 e. The molecule has 2 N–H and O–H groups in total. The highest BCUT2D eigenvalue weighted by Gasteiger charge is 2.13. The fraction of sp³-hybridized carbons (Fsp3) is 0.353. The summed E-state index contributed by atoms with van der Waals surface area (Å²) in [6.07, 6.45) is 0.812. The van der Waals surface area contributed by atoms with Crippen LogP contribution in [-0.4, -0.2) is 28.5 Å². The number of hydrogen-bond donors (Lipinski definition) is 2. The Labute approximate surface area is 145 Å². The van der Waals surface area contributed by atoms with E-state index in [0.717, 1.165) is 12.0 Å². The summed E-state index contributed by atoms with van der Waals surface area (Å²) < 4.78 is 4.87. The third-order valence-electron chi connectivity index (χ3n) is 3.31. The summed E-state index contributed by atoms with van der Waals surface area (Å²) in [4.78, 5) is 23.8. The predicted molar refractivity (Wildman–Crippen MR) is 94.8 cm³/mol. The molecule has 0 fully saturated rings. The zero-order chi connectivity index (χ0) is 17.4. The van der Waals surface area contributed by atoms with Crippen LogP contribution in [0.15, 0.2) is 40.9 Å². The third kappa shape index (κ3) is 5.73. The molecule has 2 amide bonds. The molecule has 24 heavy (non-hydrogen) atoms. The van der Waals surface area contributed by atoms with Crippen molar-refractivity contribution in [3.63, 3.8) is 0 Å². The summed E-state index contributed by atoms with van der Waals surface area (Å²) in [5.41, 5.74) is 1.08. The van der Waals surface area contributed by atoms with Gasteiger partial charge in [-0.15, -0.1) is 11.8 Å². The van der Waals surface area contributed by atoms with Crippen LogP contribution >= 0.6 is 11.8 Å². The van der Waals surface area contributed by atoms with Crippen molar-refractivity contribution in [2.24, 2.45) is 0 Å². The van der Waals surface area contributed by atoms with E-state index in [1.807, 2.05) is 37.3 Å². The van der Waals surface area contributed by atoms with Crippen molar-refractivity contribution in [3.8, 4) is 0 Å². The van der Waals surface area contributed by atoms with E-state index >= 15 is 0 Å². The molecule has 0 radical (unpaired) electrons. The molecule has 2 aromatic rings. The van der Waals surface area contributed by atoms with Crippen molar-refractivity contribution in [3.05, 3.63) is 47.7 Å². The summed E-state index contributed by atoms with van der Waals surface area (Å²) in [5, 5.41) is 9.30. The molecule has 0 aliphatic rings. The predicted octanol–water partition coefficient (Wildman–Crippen LogP) is 2.92. The molecule has 0 bridgehead atoms. The average molecular weight is 347 g/mol. The van der Waals surface area contributed by atoms with Crippen molar-refractivity contribution >= 4 is 29.4 Å². The van der Waals surface area contributed by atoms with E-state index in [2.05, 4.69) is 15.8 Å². The van der Waals surface area contributed by atoms with Crippen LogP contribution in [-0.2, 0) is 9.59 Å². The minimum absolute atomic E-state index is 0.00812. The fourth-order valence-electron chi connectivity index (χ4n) is 2.18. The van der Waals surface area contributed by atoms with E-state index in [4.69, 9.17) is 4.52 Å². The number of nitrogens with zero attached hydrogens (tertiary/aromatic N) is 1. The molecule has 1 aromatic carbocycles. The van der Waals surface area contributed by atoms with Crippen LogP contribution in [0.4, 0.5) is 5.82 Å².